The molecule has 1 aliphatic rings. The minimum absolute atomic E-state index is 0.127. The van der Waals surface area contributed by atoms with E-state index in [9.17, 15) is 0 Å². The van der Waals surface area contributed by atoms with Gasteiger partial charge in [-0.15, -0.1) is 0 Å². The minimum Gasteiger partial charge on any atom is -0.372 e. The molecule has 4 nitrogen and oxygen atoms in total. The van der Waals surface area contributed by atoms with E-state index in [-0.39, 0.29) is 6.04 Å². The first kappa shape index (κ1) is 11.4. The van der Waals surface area contributed by atoms with Crippen LogP contribution >= 0.6 is 0 Å². The van der Waals surface area contributed by atoms with E-state index in [1.165, 1.54) is 11.1 Å². The summed E-state index contributed by atoms with van der Waals surface area (Å²) >= 11 is 0. The Morgan fingerprint density at radius 3 is 3.00 bits per heavy atom. The second-order valence-electron chi connectivity index (χ2n) is 4.57. The van der Waals surface area contributed by atoms with Gasteiger partial charge < -0.3 is 10.5 Å². The number of rotatable bonds is 3. The first-order valence-corrected chi connectivity index (χ1v) is 6.26. The van der Waals surface area contributed by atoms with Crippen molar-refractivity contribution in [3.8, 4) is 0 Å². The van der Waals surface area contributed by atoms with Crippen LogP contribution in [0.25, 0.3) is 0 Å². The molecule has 4 heteroatoms. The fraction of sp³-hybridized carbons (Fsp3) is 0.357. The van der Waals surface area contributed by atoms with Gasteiger partial charge >= 0.3 is 0 Å². The molecule has 0 saturated heterocycles. The molecule has 1 aromatic heterocycles. The summed E-state index contributed by atoms with van der Waals surface area (Å²) in [6, 6.07) is 8.21. The van der Waals surface area contributed by atoms with Crippen LogP contribution in [0.5, 0.6) is 0 Å². The number of benzene rings is 1. The molecule has 2 N–H and O–H groups in total. The molecule has 0 amide bonds. The number of aryl methyl sites for hydroxylation is 1. The van der Waals surface area contributed by atoms with Crippen molar-refractivity contribution >= 4 is 0 Å². The highest BCUT2D eigenvalue weighted by atomic mass is 16.5. The molecule has 0 spiro atoms. The molecule has 1 aromatic carbocycles. The third-order valence-electron chi connectivity index (χ3n) is 3.47. The van der Waals surface area contributed by atoms with Crippen LogP contribution in [0, 0.1) is 0 Å². The normalized spacial score (nSPS) is 15.7. The lowest BCUT2D eigenvalue weighted by Crippen LogP contribution is -2.17. The van der Waals surface area contributed by atoms with Gasteiger partial charge in [0, 0.05) is 12.7 Å². The zero-order chi connectivity index (χ0) is 12.5. The Labute approximate surface area is 106 Å². The van der Waals surface area contributed by atoms with Gasteiger partial charge in [0.05, 0.1) is 24.9 Å². The lowest BCUT2D eigenvalue weighted by atomic mass is 9.99. The largest absolute Gasteiger partial charge is 0.372 e. The van der Waals surface area contributed by atoms with Crippen molar-refractivity contribution in [1.82, 2.24) is 9.78 Å². The summed E-state index contributed by atoms with van der Waals surface area (Å²) in [7, 11) is 0. The Balaban J connectivity index is 1.95. The average molecular weight is 243 g/mol. The van der Waals surface area contributed by atoms with Gasteiger partial charge in [-0.25, -0.2) is 0 Å². The highest BCUT2D eigenvalue weighted by Gasteiger charge is 2.17. The van der Waals surface area contributed by atoms with Crippen molar-refractivity contribution in [2.75, 3.05) is 0 Å². The van der Waals surface area contributed by atoms with Gasteiger partial charge in [0.2, 0.25) is 0 Å². The number of nitrogens with zero attached hydrogens (tertiary/aromatic N) is 2. The van der Waals surface area contributed by atoms with Crippen LogP contribution < -0.4 is 5.73 Å². The van der Waals surface area contributed by atoms with Crippen molar-refractivity contribution in [3.63, 3.8) is 0 Å². The summed E-state index contributed by atoms with van der Waals surface area (Å²) in [5.41, 5.74) is 11.0. The number of ether oxygens (including phenoxy) is 1. The summed E-state index contributed by atoms with van der Waals surface area (Å²) < 4.78 is 7.37. The second kappa shape index (κ2) is 4.55. The Morgan fingerprint density at radius 2 is 2.17 bits per heavy atom. The van der Waals surface area contributed by atoms with E-state index >= 15 is 0 Å². The predicted octanol–water partition coefficient (Wildman–Crippen LogP) is 1.98. The molecule has 1 unspecified atom stereocenters. The molecule has 3 rings (SSSR count). The van der Waals surface area contributed by atoms with Gasteiger partial charge in [-0.2, -0.15) is 5.10 Å². The fourth-order valence-electron chi connectivity index (χ4n) is 2.43. The topological polar surface area (TPSA) is 53.1 Å². The van der Waals surface area contributed by atoms with Gasteiger partial charge in [-0.05, 0) is 29.7 Å². The number of aromatic nitrogens is 2. The van der Waals surface area contributed by atoms with Crippen LogP contribution in [0.3, 0.4) is 0 Å². The Kier molecular flexibility index (Phi) is 2.89. The molecule has 0 fully saturated rings. The molecular weight excluding hydrogens is 226 g/mol. The van der Waals surface area contributed by atoms with Crippen LogP contribution in [0.4, 0.5) is 0 Å². The Bertz CT molecular complexity index is 562. The van der Waals surface area contributed by atoms with Crippen LogP contribution in [0.2, 0.25) is 0 Å². The highest BCUT2D eigenvalue weighted by molar-refractivity contribution is 5.37. The third kappa shape index (κ3) is 1.83. The molecule has 0 aliphatic carbocycles. The molecule has 1 atom stereocenters. The van der Waals surface area contributed by atoms with Crippen LogP contribution in [-0.4, -0.2) is 9.78 Å². The fourth-order valence-corrected chi connectivity index (χ4v) is 2.43. The second-order valence-corrected chi connectivity index (χ2v) is 4.57. The van der Waals surface area contributed by atoms with Crippen LogP contribution in [0.15, 0.2) is 30.5 Å². The average Bonchev–Trinajstić information content (AvgIpc) is 3.05. The lowest BCUT2D eigenvalue weighted by Gasteiger charge is -2.14. The molecule has 2 aromatic rings. The van der Waals surface area contributed by atoms with Crippen molar-refractivity contribution < 1.29 is 4.74 Å². The number of nitrogens with two attached hydrogens (primary N) is 1. The van der Waals surface area contributed by atoms with Crippen molar-refractivity contribution in [3.05, 3.63) is 52.8 Å². The van der Waals surface area contributed by atoms with Gasteiger partial charge in [0.1, 0.15) is 0 Å². The van der Waals surface area contributed by atoms with E-state index < -0.39 is 0 Å². The Hall–Kier alpha value is -1.65. The third-order valence-corrected chi connectivity index (χ3v) is 3.47. The molecule has 2 heterocycles. The van der Waals surface area contributed by atoms with E-state index in [0.29, 0.717) is 6.61 Å². The van der Waals surface area contributed by atoms with E-state index in [1.54, 1.807) is 6.20 Å². The first-order valence-electron chi connectivity index (χ1n) is 6.26. The molecule has 0 bridgehead atoms. The van der Waals surface area contributed by atoms with E-state index in [4.69, 9.17) is 10.5 Å². The van der Waals surface area contributed by atoms with Crippen LogP contribution in [-0.2, 0) is 24.5 Å². The highest BCUT2D eigenvalue weighted by Crippen LogP contribution is 2.26. The maximum absolute atomic E-state index is 6.33. The van der Waals surface area contributed by atoms with Crippen molar-refractivity contribution in [2.45, 2.75) is 32.7 Å². The maximum Gasteiger partial charge on any atom is 0.0725 e. The monoisotopic (exact) mass is 243 g/mol. The first-order chi connectivity index (χ1) is 8.79. The standard InChI is InChI=1S/C14H17N3O/c1-2-17-13(5-6-16-17)14(15)10-3-4-11-8-18-9-12(11)7-10/h3-7,14H,2,8-9,15H2,1H3. The van der Waals surface area contributed by atoms with Crippen molar-refractivity contribution in [1.29, 1.82) is 0 Å². The molecule has 0 saturated carbocycles. The summed E-state index contributed by atoms with van der Waals surface area (Å²) in [6.45, 7) is 4.32. The molecule has 94 valence electrons. The van der Waals surface area contributed by atoms with E-state index in [1.807, 2.05) is 10.7 Å². The molecular formula is C14H17N3O. The SMILES string of the molecule is CCn1nccc1C(N)c1ccc2c(c1)COC2. The van der Waals surface area contributed by atoms with Gasteiger partial charge in [-0.1, -0.05) is 18.2 Å². The van der Waals surface area contributed by atoms with Gasteiger partial charge in [0.15, 0.2) is 0 Å². The van der Waals surface area contributed by atoms with Gasteiger partial charge in [-0.3, -0.25) is 4.68 Å². The van der Waals surface area contributed by atoms with E-state index in [2.05, 4.69) is 30.2 Å². The zero-order valence-electron chi connectivity index (χ0n) is 10.5. The molecule has 1 aliphatic heterocycles. The predicted molar refractivity (Wildman–Crippen MR) is 68.9 cm³/mol. The van der Waals surface area contributed by atoms with Crippen LogP contribution in [0.1, 0.15) is 35.3 Å². The van der Waals surface area contributed by atoms with E-state index in [0.717, 1.165) is 24.4 Å². The van der Waals surface area contributed by atoms with Crippen molar-refractivity contribution in [2.24, 2.45) is 5.73 Å². The molecule has 18 heavy (non-hydrogen) atoms. The minimum atomic E-state index is -0.127. The Morgan fingerprint density at radius 1 is 1.33 bits per heavy atom. The maximum atomic E-state index is 6.33. The molecule has 0 radical (unpaired) electrons. The van der Waals surface area contributed by atoms with Gasteiger partial charge in [0.25, 0.3) is 0 Å². The summed E-state index contributed by atoms with van der Waals surface area (Å²) in [6.07, 6.45) is 1.80. The summed E-state index contributed by atoms with van der Waals surface area (Å²) in [5, 5.41) is 4.27. The lowest BCUT2D eigenvalue weighted by molar-refractivity contribution is 0.134. The zero-order valence-corrected chi connectivity index (χ0v) is 10.5. The summed E-state index contributed by atoms with van der Waals surface area (Å²) in [5.74, 6) is 0. The smallest absolute Gasteiger partial charge is 0.0725 e. The number of hydrogen-bond donors (Lipinski definition) is 1. The number of hydrogen-bond acceptors (Lipinski definition) is 3. The number of fused-ring (bicyclic) bond motifs is 1. The summed E-state index contributed by atoms with van der Waals surface area (Å²) in [4.78, 5) is 0. The quantitative estimate of drug-likeness (QED) is 0.896.